The van der Waals surface area contributed by atoms with E-state index in [1.165, 1.54) is 0 Å². The van der Waals surface area contributed by atoms with Gasteiger partial charge in [0.15, 0.2) is 11.6 Å². The third-order valence-corrected chi connectivity index (χ3v) is 10.5. The van der Waals surface area contributed by atoms with Crippen LogP contribution in [0.2, 0.25) is 0 Å². The van der Waals surface area contributed by atoms with E-state index >= 15 is 0 Å². The Morgan fingerprint density at radius 2 is 1.88 bits per heavy atom. The Kier molecular flexibility index (Phi) is 4.02. The third-order valence-electron chi connectivity index (χ3n) is 8.58. The molecule has 142 valence electrons. The van der Waals surface area contributed by atoms with E-state index in [9.17, 15) is 14.4 Å². The van der Waals surface area contributed by atoms with Crippen molar-refractivity contribution in [1.82, 2.24) is 0 Å². The second-order valence-corrected chi connectivity index (χ2v) is 11.1. The molecule has 4 aliphatic carbocycles. The smallest absolute Gasteiger partial charge is 0.155 e. The first-order chi connectivity index (χ1) is 12.1. The van der Waals surface area contributed by atoms with Crippen molar-refractivity contribution in [2.75, 3.05) is 0 Å². The molecule has 0 aromatic rings. The van der Waals surface area contributed by atoms with Crippen LogP contribution in [0.25, 0.3) is 0 Å². The maximum absolute atomic E-state index is 13.6. The van der Waals surface area contributed by atoms with E-state index in [0.29, 0.717) is 24.7 Å². The molecule has 26 heavy (non-hydrogen) atoms. The Bertz CT molecular complexity index is 740. The Labute approximate surface area is 164 Å². The molecule has 0 aromatic carbocycles. The van der Waals surface area contributed by atoms with Crippen molar-refractivity contribution in [1.29, 1.82) is 0 Å². The van der Waals surface area contributed by atoms with Gasteiger partial charge >= 0.3 is 0 Å². The molecule has 0 radical (unpaired) electrons. The number of alkyl halides is 1. The second kappa shape index (κ2) is 5.62. The second-order valence-electron chi connectivity index (χ2n) is 9.84. The Hall–Kier alpha value is -0.770. The lowest BCUT2D eigenvalue weighted by atomic mass is 9.46. The van der Waals surface area contributed by atoms with E-state index < -0.39 is 4.32 Å². The molecular formula is C22H29BrO3. The maximum atomic E-state index is 13.6. The fourth-order valence-corrected chi connectivity index (χ4v) is 8.67. The summed E-state index contributed by atoms with van der Waals surface area (Å²) >= 11 is 4.01. The van der Waals surface area contributed by atoms with Crippen molar-refractivity contribution >= 4 is 33.3 Å². The highest BCUT2D eigenvalue weighted by atomic mass is 79.9. The number of Topliss-reactive ketones (excluding diaryl/α,β-unsaturated/α-hetero) is 2. The molecule has 3 fully saturated rings. The van der Waals surface area contributed by atoms with E-state index in [2.05, 4.69) is 36.7 Å². The van der Waals surface area contributed by atoms with Crippen LogP contribution in [-0.2, 0) is 14.4 Å². The first-order valence-corrected chi connectivity index (χ1v) is 10.8. The summed E-state index contributed by atoms with van der Waals surface area (Å²) in [4.78, 5) is 38.1. The highest BCUT2D eigenvalue weighted by Crippen LogP contribution is 2.70. The summed E-state index contributed by atoms with van der Waals surface area (Å²) in [5, 5.41) is 0. The number of fused-ring (bicyclic) bond motifs is 5. The molecule has 4 aliphatic rings. The number of rotatable bonds is 1. The standard InChI is InChI=1S/C22H29BrO3/c1-12-9-17-16-6-5-14-10-15(25)7-8-21(14,4)22(16,23)18(26)11-20(17,3)19(12)13(2)24/h10,12,16-17,19H,5-9,11H2,1-4H3/t12-,16-,17-,19+,20-,21-,22-/m0/s1. The normalized spacial score (nSPS) is 50.6. The van der Waals surface area contributed by atoms with Crippen molar-refractivity contribution in [2.45, 2.75) is 70.5 Å². The highest BCUT2D eigenvalue weighted by molar-refractivity contribution is 9.10. The average molecular weight is 421 g/mol. The van der Waals surface area contributed by atoms with Crippen LogP contribution in [-0.4, -0.2) is 21.7 Å². The molecule has 0 spiro atoms. The number of hydrogen-bond acceptors (Lipinski definition) is 3. The van der Waals surface area contributed by atoms with Gasteiger partial charge in [-0.15, -0.1) is 0 Å². The van der Waals surface area contributed by atoms with E-state index in [4.69, 9.17) is 0 Å². The third kappa shape index (κ3) is 2.08. The number of hydrogen-bond donors (Lipinski definition) is 0. The quantitative estimate of drug-likeness (QED) is 0.579. The molecule has 3 saturated carbocycles. The Morgan fingerprint density at radius 3 is 2.54 bits per heavy atom. The summed E-state index contributed by atoms with van der Waals surface area (Å²) in [6.07, 6.45) is 6.44. The zero-order valence-electron chi connectivity index (χ0n) is 16.2. The van der Waals surface area contributed by atoms with Gasteiger partial charge in [-0.2, -0.15) is 0 Å². The molecule has 3 nitrogen and oxygen atoms in total. The maximum Gasteiger partial charge on any atom is 0.155 e. The molecule has 0 aromatic heterocycles. The summed E-state index contributed by atoms with van der Waals surface area (Å²) in [7, 11) is 0. The van der Waals surface area contributed by atoms with Crippen LogP contribution in [0.15, 0.2) is 11.6 Å². The molecule has 0 saturated heterocycles. The van der Waals surface area contributed by atoms with Crippen molar-refractivity contribution in [3.63, 3.8) is 0 Å². The summed E-state index contributed by atoms with van der Waals surface area (Å²) in [5.41, 5.74) is 0.666. The summed E-state index contributed by atoms with van der Waals surface area (Å²) in [5.74, 6) is 1.66. The minimum Gasteiger partial charge on any atom is -0.300 e. The van der Waals surface area contributed by atoms with Gasteiger partial charge in [0.1, 0.15) is 5.78 Å². The van der Waals surface area contributed by atoms with Gasteiger partial charge in [0.05, 0.1) is 4.32 Å². The summed E-state index contributed by atoms with van der Waals surface area (Å²) < 4.78 is -0.583. The van der Waals surface area contributed by atoms with Crippen LogP contribution in [0, 0.1) is 34.5 Å². The number of halogens is 1. The van der Waals surface area contributed by atoms with Crippen LogP contribution in [0.1, 0.15) is 66.2 Å². The predicted molar refractivity (Wildman–Crippen MR) is 104 cm³/mol. The number of carbonyl (C=O) groups excluding carboxylic acids is 3. The Balaban J connectivity index is 1.82. The minimum absolute atomic E-state index is 0.00817. The summed E-state index contributed by atoms with van der Waals surface area (Å²) in [6, 6.07) is 0. The van der Waals surface area contributed by atoms with Gasteiger partial charge < -0.3 is 0 Å². The van der Waals surface area contributed by atoms with Crippen molar-refractivity contribution in [2.24, 2.45) is 34.5 Å². The molecule has 4 rings (SSSR count). The number of carbonyl (C=O) groups is 3. The van der Waals surface area contributed by atoms with Gasteiger partial charge in [0, 0.05) is 24.2 Å². The van der Waals surface area contributed by atoms with E-state index in [1.54, 1.807) is 6.92 Å². The Morgan fingerprint density at radius 1 is 1.19 bits per heavy atom. The molecule has 0 heterocycles. The van der Waals surface area contributed by atoms with Crippen LogP contribution in [0.3, 0.4) is 0 Å². The van der Waals surface area contributed by atoms with Gasteiger partial charge in [-0.1, -0.05) is 42.3 Å². The molecular weight excluding hydrogens is 392 g/mol. The zero-order chi connectivity index (χ0) is 19.1. The zero-order valence-corrected chi connectivity index (χ0v) is 17.8. The van der Waals surface area contributed by atoms with Crippen LogP contribution in [0.4, 0.5) is 0 Å². The molecule has 0 N–H and O–H groups in total. The van der Waals surface area contributed by atoms with Crippen molar-refractivity contribution in [3.8, 4) is 0 Å². The molecule has 0 unspecified atom stereocenters. The van der Waals surface area contributed by atoms with Crippen molar-refractivity contribution < 1.29 is 14.4 Å². The lowest BCUT2D eigenvalue weighted by molar-refractivity contribution is -0.143. The van der Waals surface area contributed by atoms with Crippen molar-refractivity contribution in [3.05, 3.63) is 11.6 Å². The minimum atomic E-state index is -0.583. The SMILES string of the molecule is CC(=O)[C@H]1[C@@H](C)C[C@H]2[C@@H]3CCC4=CC(=O)CC[C@]4(C)[C@@]3(Br)C(=O)C[C@@]21C. The van der Waals surface area contributed by atoms with Gasteiger partial charge in [0.25, 0.3) is 0 Å². The van der Waals surface area contributed by atoms with Crippen LogP contribution >= 0.6 is 15.9 Å². The topological polar surface area (TPSA) is 51.2 Å². The fourth-order valence-electron chi connectivity index (χ4n) is 7.53. The van der Waals surface area contributed by atoms with Gasteiger partial charge in [-0.05, 0) is 61.9 Å². The van der Waals surface area contributed by atoms with E-state index in [0.717, 1.165) is 31.3 Å². The lowest BCUT2D eigenvalue weighted by Gasteiger charge is -2.61. The summed E-state index contributed by atoms with van der Waals surface area (Å²) in [6.45, 7) is 8.26. The first kappa shape index (κ1) is 18.6. The number of allylic oxidation sites excluding steroid dienone is 1. The molecule has 0 bridgehead atoms. The van der Waals surface area contributed by atoms with E-state index in [-0.39, 0.29) is 40.0 Å². The monoisotopic (exact) mass is 420 g/mol. The molecule has 0 aliphatic heterocycles. The highest BCUT2D eigenvalue weighted by Gasteiger charge is 2.70. The van der Waals surface area contributed by atoms with Gasteiger partial charge in [-0.3, -0.25) is 14.4 Å². The van der Waals surface area contributed by atoms with Crippen LogP contribution < -0.4 is 0 Å². The first-order valence-electron chi connectivity index (χ1n) is 10.0. The molecule has 0 amide bonds. The molecule has 4 heteroatoms. The predicted octanol–water partition coefficient (Wildman–Crippen LogP) is 4.67. The number of ketones is 3. The fraction of sp³-hybridized carbons (Fsp3) is 0.773. The van der Waals surface area contributed by atoms with Crippen LogP contribution in [0.5, 0.6) is 0 Å². The molecule has 7 atom stereocenters. The van der Waals surface area contributed by atoms with E-state index in [1.807, 2.05) is 6.08 Å². The van der Waals surface area contributed by atoms with Gasteiger partial charge in [-0.25, -0.2) is 0 Å². The lowest BCUT2D eigenvalue weighted by Crippen LogP contribution is -2.64. The van der Waals surface area contributed by atoms with Gasteiger partial charge in [0.2, 0.25) is 0 Å². The largest absolute Gasteiger partial charge is 0.300 e. The average Bonchev–Trinajstić information content (AvgIpc) is 2.80.